The van der Waals surface area contributed by atoms with E-state index in [0.29, 0.717) is 13.2 Å². The smallest absolute Gasteiger partial charge is 0.237 e. The van der Waals surface area contributed by atoms with Crippen LogP contribution in [0.1, 0.15) is 38.2 Å². The van der Waals surface area contributed by atoms with E-state index >= 15 is 0 Å². The third-order valence-corrected chi connectivity index (χ3v) is 4.09. The summed E-state index contributed by atoms with van der Waals surface area (Å²) in [6, 6.07) is 8.02. The average Bonchev–Trinajstić information content (AvgIpc) is 2.52. The van der Waals surface area contributed by atoms with Gasteiger partial charge in [-0.3, -0.25) is 9.69 Å². The highest BCUT2D eigenvalue weighted by Crippen LogP contribution is 2.17. The predicted molar refractivity (Wildman–Crippen MR) is 89.2 cm³/mol. The van der Waals surface area contributed by atoms with Crippen molar-refractivity contribution >= 4 is 5.91 Å². The number of nitrogens with zero attached hydrogens (tertiary/aromatic N) is 1. The molecular weight excluding hydrogens is 276 g/mol. The molecule has 1 heterocycles. The Morgan fingerprint density at radius 1 is 1.41 bits per heavy atom. The molecule has 0 saturated carbocycles. The first-order chi connectivity index (χ1) is 10.7. The van der Waals surface area contributed by atoms with E-state index in [1.54, 1.807) is 0 Å². The molecule has 22 heavy (non-hydrogen) atoms. The van der Waals surface area contributed by atoms with Crippen molar-refractivity contribution in [2.24, 2.45) is 0 Å². The quantitative estimate of drug-likeness (QED) is 0.788. The fourth-order valence-electron chi connectivity index (χ4n) is 3.01. The molecule has 1 aromatic carbocycles. The second-order valence-corrected chi connectivity index (χ2v) is 6.00. The average molecular weight is 304 g/mol. The van der Waals surface area contributed by atoms with Gasteiger partial charge in [-0.25, -0.2) is 0 Å². The lowest BCUT2D eigenvalue weighted by Gasteiger charge is -2.34. The molecular formula is C18H28N2O2. The van der Waals surface area contributed by atoms with Crippen molar-refractivity contribution in [1.29, 1.82) is 0 Å². The Labute approximate surface area is 133 Å². The van der Waals surface area contributed by atoms with Crippen LogP contribution in [0.2, 0.25) is 0 Å². The van der Waals surface area contributed by atoms with Crippen LogP contribution in [0.3, 0.4) is 0 Å². The minimum absolute atomic E-state index is 0.0488. The van der Waals surface area contributed by atoms with Crippen LogP contribution in [0.5, 0.6) is 5.75 Å². The summed E-state index contributed by atoms with van der Waals surface area (Å²) in [5.41, 5.74) is 1.18. The molecule has 1 amide bonds. The topological polar surface area (TPSA) is 41.6 Å². The van der Waals surface area contributed by atoms with Crippen LogP contribution in [0.15, 0.2) is 24.3 Å². The molecule has 2 rings (SSSR count). The summed E-state index contributed by atoms with van der Waals surface area (Å²) in [6.45, 7) is 7.34. The van der Waals surface area contributed by atoms with Gasteiger partial charge < -0.3 is 10.1 Å². The highest BCUT2D eigenvalue weighted by molar-refractivity contribution is 5.81. The van der Waals surface area contributed by atoms with E-state index in [1.807, 2.05) is 31.2 Å². The minimum atomic E-state index is 0.0488. The van der Waals surface area contributed by atoms with E-state index in [2.05, 4.69) is 17.1 Å². The summed E-state index contributed by atoms with van der Waals surface area (Å²) in [6.07, 6.45) is 4.43. The number of benzene rings is 1. The summed E-state index contributed by atoms with van der Waals surface area (Å²) in [5.74, 6) is 1.01. The Bertz CT molecular complexity index is 474. The Hall–Kier alpha value is -1.55. The molecule has 1 saturated heterocycles. The summed E-state index contributed by atoms with van der Waals surface area (Å²) in [7, 11) is 0. The van der Waals surface area contributed by atoms with E-state index in [4.69, 9.17) is 4.74 Å². The van der Waals surface area contributed by atoms with Crippen LogP contribution in [0.25, 0.3) is 0 Å². The lowest BCUT2D eigenvalue weighted by Crippen LogP contribution is -2.50. The van der Waals surface area contributed by atoms with E-state index in [1.165, 1.54) is 12.0 Å². The van der Waals surface area contributed by atoms with E-state index in [0.717, 1.165) is 38.1 Å². The molecule has 0 aromatic heterocycles. The number of nitrogens with one attached hydrogen (secondary N) is 1. The molecule has 1 aromatic rings. The van der Waals surface area contributed by atoms with E-state index in [-0.39, 0.29) is 11.9 Å². The molecule has 0 bridgehead atoms. The lowest BCUT2D eigenvalue weighted by molar-refractivity contribution is -0.127. The van der Waals surface area contributed by atoms with Crippen LogP contribution in [-0.2, 0) is 4.79 Å². The van der Waals surface area contributed by atoms with Gasteiger partial charge >= 0.3 is 0 Å². The standard InChI is InChI=1S/C18H28N2O2/c1-3-11-20-12-5-4-9-17(20)18(21)19-10-13-22-16-8-6-7-15(2)14-16/h6-8,14,17H,3-5,9-13H2,1-2H3,(H,19,21). The van der Waals surface area contributed by atoms with Crippen LogP contribution in [-0.4, -0.2) is 43.1 Å². The normalized spacial score (nSPS) is 18.9. The van der Waals surface area contributed by atoms with Crippen LogP contribution >= 0.6 is 0 Å². The molecule has 1 aliphatic heterocycles. The zero-order chi connectivity index (χ0) is 15.8. The van der Waals surface area contributed by atoms with Gasteiger partial charge in [-0.2, -0.15) is 0 Å². The van der Waals surface area contributed by atoms with Crippen molar-refractivity contribution in [2.75, 3.05) is 26.2 Å². The molecule has 1 fully saturated rings. The Kier molecular flexibility index (Phi) is 6.72. The molecule has 1 atom stereocenters. The highest BCUT2D eigenvalue weighted by Gasteiger charge is 2.27. The van der Waals surface area contributed by atoms with Crippen LogP contribution in [0, 0.1) is 6.92 Å². The first-order valence-corrected chi connectivity index (χ1v) is 8.42. The minimum Gasteiger partial charge on any atom is -0.492 e. The van der Waals surface area contributed by atoms with Crippen molar-refractivity contribution in [3.8, 4) is 5.75 Å². The van der Waals surface area contributed by atoms with Crippen molar-refractivity contribution in [3.63, 3.8) is 0 Å². The van der Waals surface area contributed by atoms with Gasteiger partial charge in [0.2, 0.25) is 5.91 Å². The number of ether oxygens (including phenoxy) is 1. The number of piperidine rings is 1. The van der Waals surface area contributed by atoms with Gasteiger partial charge in [0.15, 0.2) is 0 Å². The van der Waals surface area contributed by atoms with Crippen molar-refractivity contribution in [2.45, 2.75) is 45.6 Å². The number of carbonyl (C=O) groups excluding carboxylic acids is 1. The maximum atomic E-state index is 12.3. The van der Waals surface area contributed by atoms with Gasteiger partial charge in [-0.1, -0.05) is 25.5 Å². The molecule has 1 N–H and O–H groups in total. The predicted octanol–water partition coefficient (Wildman–Crippen LogP) is 2.75. The highest BCUT2D eigenvalue weighted by atomic mass is 16.5. The van der Waals surface area contributed by atoms with E-state index < -0.39 is 0 Å². The Balaban J connectivity index is 1.72. The van der Waals surface area contributed by atoms with Crippen molar-refractivity contribution < 1.29 is 9.53 Å². The fourth-order valence-corrected chi connectivity index (χ4v) is 3.01. The molecule has 0 radical (unpaired) electrons. The fraction of sp³-hybridized carbons (Fsp3) is 0.611. The number of amides is 1. The maximum absolute atomic E-state index is 12.3. The van der Waals surface area contributed by atoms with Gasteiger partial charge in [-0.15, -0.1) is 0 Å². The number of aryl methyl sites for hydroxylation is 1. The number of hydrogen-bond donors (Lipinski definition) is 1. The summed E-state index contributed by atoms with van der Waals surface area (Å²) < 4.78 is 5.67. The first-order valence-electron chi connectivity index (χ1n) is 8.42. The lowest BCUT2D eigenvalue weighted by atomic mass is 10.0. The Morgan fingerprint density at radius 3 is 3.05 bits per heavy atom. The third-order valence-electron chi connectivity index (χ3n) is 4.09. The van der Waals surface area contributed by atoms with Crippen molar-refractivity contribution in [1.82, 2.24) is 10.2 Å². The second-order valence-electron chi connectivity index (χ2n) is 6.00. The molecule has 1 aliphatic rings. The first kappa shape index (κ1) is 16.8. The second kappa shape index (κ2) is 8.79. The van der Waals surface area contributed by atoms with Gasteiger partial charge in [-0.05, 0) is 57.0 Å². The van der Waals surface area contributed by atoms with Crippen LogP contribution < -0.4 is 10.1 Å². The van der Waals surface area contributed by atoms with Gasteiger partial charge in [0, 0.05) is 0 Å². The number of likely N-dealkylation sites (tertiary alicyclic amines) is 1. The summed E-state index contributed by atoms with van der Waals surface area (Å²) in [4.78, 5) is 14.7. The van der Waals surface area contributed by atoms with Crippen molar-refractivity contribution in [3.05, 3.63) is 29.8 Å². The monoisotopic (exact) mass is 304 g/mol. The number of hydrogen-bond acceptors (Lipinski definition) is 3. The zero-order valence-corrected chi connectivity index (χ0v) is 13.8. The van der Waals surface area contributed by atoms with Gasteiger partial charge in [0.1, 0.15) is 12.4 Å². The van der Waals surface area contributed by atoms with Gasteiger partial charge in [0.25, 0.3) is 0 Å². The molecule has 1 unspecified atom stereocenters. The SMILES string of the molecule is CCCN1CCCCC1C(=O)NCCOc1cccc(C)c1. The number of carbonyl (C=O) groups is 1. The third kappa shape index (κ3) is 5.02. The zero-order valence-electron chi connectivity index (χ0n) is 13.8. The number of rotatable bonds is 7. The molecule has 122 valence electrons. The molecule has 4 heteroatoms. The van der Waals surface area contributed by atoms with E-state index in [9.17, 15) is 4.79 Å². The molecule has 0 aliphatic carbocycles. The largest absolute Gasteiger partial charge is 0.492 e. The Morgan fingerprint density at radius 2 is 2.27 bits per heavy atom. The molecule has 4 nitrogen and oxygen atoms in total. The summed E-state index contributed by atoms with van der Waals surface area (Å²) >= 11 is 0. The van der Waals surface area contributed by atoms with Crippen LogP contribution in [0.4, 0.5) is 0 Å². The van der Waals surface area contributed by atoms with Gasteiger partial charge in [0.05, 0.1) is 12.6 Å². The maximum Gasteiger partial charge on any atom is 0.237 e. The molecule has 0 spiro atoms. The summed E-state index contributed by atoms with van der Waals surface area (Å²) in [5, 5.41) is 3.02.